The van der Waals surface area contributed by atoms with Crippen LogP contribution in [0.3, 0.4) is 0 Å². The van der Waals surface area contributed by atoms with Gasteiger partial charge in [0, 0.05) is 11.6 Å². The van der Waals surface area contributed by atoms with E-state index in [1.807, 2.05) is 0 Å². The molecule has 0 aliphatic carbocycles. The van der Waals surface area contributed by atoms with Crippen LogP contribution < -0.4 is 16.2 Å². The quantitative estimate of drug-likeness (QED) is 0.454. The number of hydrazine groups is 1. The summed E-state index contributed by atoms with van der Waals surface area (Å²) in [5.41, 5.74) is 5.41. The number of hydrogen-bond acceptors (Lipinski definition) is 2. The normalized spacial score (nSPS) is 9.84. The summed E-state index contributed by atoms with van der Waals surface area (Å²) in [4.78, 5) is 11.8. The van der Waals surface area contributed by atoms with Crippen molar-refractivity contribution < 1.29 is 4.79 Å². The number of thiocarbonyl (C=S) groups is 1. The predicted octanol–water partition coefficient (Wildman–Crippen LogP) is 2.90. The van der Waals surface area contributed by atoms with Gasteiger partial charge in [-0.05, 0) is 36.8 Å². The molecule has 0 saturated heterocycles. The Kier molecular flexibility index (Phi) is 6.91. The molecule has 0 radical (unpaired) electrons. The van der Waals surface area contributed by atoms with E-state index in [0.717, 1.165) is 19.4 Å². The molecule has 4 nitrogen and oxygen atoms in total. The molecule has 0 aliphatic heterocycles. The summed E-state index contributed by atoms with van der Waals surface area (Å²) in [5, 5.41) is 4.10. The Balaban J connectivity index is 2.45. The fourth-order valence-electron chi connectivity index (χ4n) is 1.28. The molecule has 1 amide bonds. The summed E-state index contributed by atoms with van der Waals surface area (Å²) in [6, 6.07) is 4.66. The van der Waals surface area contributed by atoms with Crippen molar-refractivity contribution in [3.8, 4) is 0 Å². The number of nitrogens with one attached hydrogen (secondary N) is 3. The first-order valence-corrected chi connectivity index (χ1v) is 7.00. The third-order valence-corrected chi connectivity index (χ3v) is 3.08. The molecule has 0 bridgehead atoms. The Labute approximate surface area is 127 Å². The van der Waals surface area contributed by atoms with Crippen LogP contribution in [0.4, 0.5) is 0 Å². The standard InChI is InChI=1S/C12H15Cl2N3OS/c1-2-3-6-15-12(19)17-16-11(18)9-5-4-8(13)7-10(9)14/h4-5,7H,2-3,6H2,1H3,(H,16,18)(H2,15,17,19). The zero-order chi connectivity index (χ0) is 14.3. The number of carbonyl (C=O) groups is 1. The molecule has 3 N–H and O–H groups in total. The van der Waals surface area contributed by atoms with E-state index in [2.05, 4.69) is 23.1 Å². The zero-order valence-corrected chi connectivity index (χ0v) is 12.8. The van der Waals surface area contributed by atoms with E-state index in [1.54, 1.807) is 12.1 Å². The van der Waals surface area contributed by atoms with Gasteiger partial charge in [0.05, 0.1) is 10.6 Å². The molecule has 1 aromatic rings. The van der Waals surface area contributed by atoms with Gasteiger partial charge in [0.15, 0.2) is 5.11 Å². The average Bonchev–Trinajstić information content (AvgIpc) is 2.36. The highest BCUT2D eigenvalue weighted by atomic mass is 35.5. The first-order chi connectivity index (χ1) is 9.04. The Bertz CT molecular complexity index is 468. The van der Waals surface area contributed by atoms with Crippen molar-refractivity contribution >= 4 is 46.4 Å². The van der Waals surface area contributed by atoms with Crippen LogP contribution in [0, 0.1) is 0 Å². The number of unbranched alkanes of at least 4 members (excludes halogenated alkanes) is 1. The highest BCUT2D eigenvalue weighted by molar-refractivity contribution is 7.80. The molecule has 0 aromatic heterocycles. The second kappa shape index (κ2) is 8.19. The van der Waals surface area contributed by atoms with Crippen LogP contribution in [0.2, 0.25) is 10.0 Å². The molecule has 0 heterocycles. The molecule has 19 heavy (non-hydrogen) atoms. The fraction of sp³-hybridized carbons (Fsp3) is 0.333. The molecule has 0 fully saturated rings. The van der Waals surface area contributed by atoms with E-state index < -0.39 is 0 Å². The minimum Gasteiger partial charge on any atom is -0.361 e. The first-order valence-electron chi connectivity index (χ1n) is 5.83. The molecule has 0 saturated carbocycles. The van der Waals surface area contributed by atoms with Gasteiger partial charge < -0.3 is 5.32 Å². The molecule has 0 unspecified atom stereocenters. The van der Waals surface area contributed by atoms with Gasteiger partial charge in [-0.1, -0.05) is 36.5 Å². The van der Waals surface area contributed by atoms with E-state index in [0.29, 0.717) is 15.7 Å². The van der Waals surface area contributed by atoms with Crippen LogP contribution >= 0.6 is 35.4 Å². The molecule has 0 spiro atoms. The topological polar surface area (TPSA) is 53.2 Å². The second-order valence-electron chi connectivity index (χ2n) is 3.81. The number of halogens is 2. The van der Waals surface area contributed by atoms with Crippen molar-refractivity contribution in [2.45, 2.75) is 19.8 Å². The molecular formula is C12H15Cl2N3OS. The highest BCUT2D eigenvalue weighted by Crippen LogP contribution is 2.20. The van der Waals surface area contributed by atoms with Gasteiger partial charge in [0.2, 0.25) is 0 Å². The lowest BCUT2D eigenvalue weighted by atomic mass is 10.2. The molecule has 1 rings (SSSR count). The number of benzene rings is 1. The maximum absolute atomic E-state index is 11.8. The molecule has 1 aromatic carbocycles. The third-order valence-electron chi connectivity index (χ3n) is 2.28. The number of carbonyl (C=O) groups excluding carboxylic acids is 1. The summed E-state index contributed by atoms with van der Waals surface area (Å²) in [7, 11) is 0. The maximum atomic E-state index is 11.8. The molecule has 0 atom stereocenters. The number of rotatable bonds is 4. The van der Waals surface area contributed by atoms with Crippen molar-refractivity contribution in [1.29, 1.82) is 0 Å². The predicted molar refractivity (Wildman–Crippen MR) is 82.6 cm³/mol. The highest BCUT2D eigenvalue weighted by Gasteiger charge is 2.10. The van der Waals surface area contributed by atoms with E-state index in [9.17, 15) is 4.79 Å². The van der Waals surface area contributed by atoms with Crippen molar-refractivity contribution in [3.05, 3.63) is 33.8 Å². The summed E-state index contributed by atoms with van der Waals surface area (Å²) in [6.07, 6.45) is 2.08. The molecule has 0 aliphatic rings. The lowest BCUT2D eigenvalue weighted by Crippen LogP contribution is -2.47. The van der Waals surface area contributed by atoms with Crippen LogP contribution in [0.25, 0.3) is 0 Å². The van der Waals surface area contributed by atoms with Crippen molar-refractivity contribution in [2.75, 3.05) is 6.54 Å². The average molecular weight is 320 g/mol. The van der Waals surface area contributed by atoms with Crippen molar-refractivity contribution in [1.82, 2.24) is 16.2 Å². The van der Waals surface area contributed by atoms with E-state index in [4.69, 9.17) is 35.4 Å². The summed E-state index contributed by atoms with van der Waals surface area (Å²) in [6.45, 7) is 2.85. The maximum Gasteiger partial charge on any atom is 0.271 e. The molecule has 104 valence electrons. The van der Waals surface area contributed by atoms with Gasteiger partial charge >= 0.3 is 0 Å². The zero-order valence-electron chi connectivity index (χ0n) is 10.4. The summed E-state index contributed by atoms with van der Waals surface area (Å²) >= 11 is 16.7. The molecular weight excluding hydrogens is 305 g/mol. The Morgan fingerprint density at radius 1 is 1.32 bits per heavy atom. The Morgan fingerprint density at radius 3 is 2.68 bits per heavy atom. The van der Waals surface area contributed by atoms with Gasteiger partial charge in [-0.2, -0.15) is 0 Å². The van der Waals surface area contributed by atoms with Crippen molar-refractivity contribution in [3.63, 3.8) is 0 Å². The van der Waals surface area contributed by atoms with Crippen molar-refractivity contribution in [2.24, 2.45) is 0 Å². The smallest absolute Gasteiger partial charge is 0.271 e. The van der Waals surface area contributed by atoms with Crippen LogP contribution in [0.15, 0.2) is 18.2 Å². The lowest BCUT2D eigenvalue weighted by Gasteiger charge is -2.11. The minimum atomic E-state index is -0.374. The largest absolute Gasteiger partial charge is 0.361 e. The Hall–Kier alpha value is -1.04. The van der Waals surface area contributed by atoms with Crippen LogP contribution in [0.1, 0.15) is 30.1 Å². The van der Waals surface area contributed by atoms with Crippen LogP contribution in [-0.2, 0) is 0 Å². The first kappa shape index (κ1) is 16.0. The monoisotopic (exact) mass is 319 g/mol. The second-order valence-corrected chi connectivity index (χ2v) is 5.06. The van der Waals surface area contributed by atoms with Gasteiger partial charge in [-0.25, -0.2) is 0 Å². The van der Waals surface area contributed by atoms with Gasteiger partial charge in [0.25, 0.3) is 5.91 Å². The van der Waals surface area contributed by atoms with Gasteiger partial charge in [0.1, 0.15) is 0 Å². The van der Waals surface area contributed by atoms with E-state index in [1.165, 1.54) is 6.07 Å². The SMILES string of the molecule is CCCCNC(=S)NNC(=O)c1ccc(Cl)cc1Cl. The van der Waals surface area contributed by atoms with Gasteiger partial charge in [-0.15, -0.1) is 0 Å². The summed E-state index contributed by atoms with van der Waals surface area (Å²) < 4.78 is 0. The summed E-state index contributed by atoms with van der Waals surface area (Å²) in [5.74, 6) is -0.374. The number of amides is 1. The van der Waals surface area contributed by atoms with Gasteiger partial charge in [-0.3, -0.25) is 15.6 Å². The molecule has 7 heteroatoms. The van der Waals surface area contributed by atoms with Crippen LogP contribution in [-0.4, -0.2) is 17.6 Å². The fourth-order valence-corrected chi connectivity index (χ4v) is 1.92. The number of hydrogen-bond donors (Lipinski definition) is 3. The van der Waals surface area contributed by atoms with Crippen LogP contribution in [0.5, 0.6) is 0 Å². The van der Waals surface area contributed by atoms with E-state index in [-0.39, 0.29) is 10.9 Å². The lowest BCUT2D eigenvalue weighted by molar-refractivity contribution is 0.0944. The third kappa shape index (κ3) is 5.63. The minimum absolute atomic E-state index is 0.289. The Morgan fingerprint density at radius 2 is 2.05 bits per heavy atom. The van der Waals surface area contributed by atoms with E-state index >= 15 is 0 Å².